The normalized spacial score (nSPS) is 11.0. The number of halogens is 3. The van der Waals surface area contributed by atoms with Gasteiger partial charge < -0.3 is 0 Å². The molecule has 1 unspecified atom stereocenters. The van der Waals surface area contributed by atoms with E-state index in [-0.39, 0.29) is 5.82 Å². The van der Waals surface area contributed by atoms with Crippen molar-refractivity contribution in [2.75, 3.05) is 0 Å². The highest BCUT2D eigenvalue weighted by atomic mass is 127. The van der Waals surface area contributed by atoms with Crippen molar-refractivity contribution >= 4 is 50.9 Å². The molecule has 0 amide bonds. The second kappa shape index (κ2) is 6.30. The topological polar surface area (TPSA) is 17.8 Å². The minimum atomic E-state index is -0.254. The summed E-state index contributed by atoms with van der Waals surface area (Å²) in [6, 6.07) is 1.78. The zero-order chi connectivity index (χ0) is 13.2. The van der Waals surface area contributed by atoms with E-state index < -0.39 is 0 Å². The molecule has 0 aliphatic heterocycles. The lowest BCUT2D eigenvalue weighted by atomic mass is 10.1. The van der Waals surface area contributed by atoms with Crippen LogP contribution in [-0.4, -0.2) is 9.55 Å². The van der Waals surface area contributed by atoms with Crippen LogP contribution in [0.2, 0.25) is 5.02 Å². The molecule has 2 nitrogen and oxygen atoms in total. The van der Waals surface area contributed by atoms with E-state index in [0.29, 0.717) is 28.0 Å². The third-order valence-corrected chi connectivity index (χ3v) is 4.61. The highest BCUT2D eigenvalue weighted by Gasteiger charge is 2.15. The van der Waals surface area contributed by atoms with Gasteiger partial charge in [-0.3, -0.25) is 0 Å². The second-order valence-electron chi connectivity index (χ2n) is 3.27. The summed E-state index contributed by atoms with van der Waals surface area (Å²) in [6.45, 7) is 7.49. The lowest BCUT2D eigenvalue weighted by molar-refractivity contribution is 0.630. The van der Waals surface area contributed by atoms with Crippen LogP contribution < -0.4 is 0 Å². The van der Waals surface area contributed by atoms with Crippen LogP contribution in [0.1, 0.15) is 25.1 Å². The quantitative estimate of drug-likeness (QED) is 0.483. The van der Waals surface area contributed by atoms with E-state index >= 15 is 0 Å². The molecular formula is C11H14ClFIN2P. The SMILES string of the molecule is CC.Cc1c(Cl)cc2c(c(C)nn2PI)c1F. The van der Waals surface area contributed by atoms with Gasteiger partial charge in [0.15, 0.2) is 0 Å². The van der Waals surface area contributed by atoms with Crippen molar-refractivity contribution in [2.24, 2.45) is 0 Å². The molecule has 94 valence electrons. The Morgan fingerprint density at radius 3 is 2.53 bits per heavy atom. The Morgan fingerprint density at radius 1 is 1.41 bits per heavy atom. The van der Waals surface area contributed by atoms with Gasteiger partial charge in [0.25, 0.3) is 0 Å². The van der Waals surface area contributed by atoms with Crippen LogP contribution in [0.4, 0.5) is 4.39 Å². The van der Waals surface area contributed by atoms with Crippen LogP contribution >= 0.6 is 40.0 Å². The van der Waals surface area contributed by atoms with Crippen molar-refractivity contribution in [3.63, 3.8) is 0 Å². The Bertz CT molecular complexity index is 542. The van der Waals surface area contributed by atoms with E-state index in [2.05, 4.69) is 27.1 Å². The highest BCUT2D eigenvalue weighted by Crippen LogP contribution is 2.34. The number of fused-ring (bicyclic) bond motifs is 1. The molecule has 0 radical (unpaired) electrons. The summed E-state index contributed by atoms with van der Waals surface area (Å²) in [4.78, 5) is 0. The first-order valence-corrected chi connectivity index (χ1v) is 9.70. The molecule has 0 fully saturated rings. The maximum Gasteiger partial charge on any atom is 0.138 e. The Hall–Kier alpha value is 0.0700. The van der Waals surface area contributed by atoms with E-state index in [9.17, 15) is 4.39 Å². The fourth-order valence-corrected chi connectivity index (χ4v) is 3.28. The van der Waals surface area contributed by atoms with Gasteiger partial charge in [-0.2, -0.15) is 5.10 Å². The Balaban J connectivity index is 0.000000686. The van der Waals surface area contributed by atoms with Crippen LogP contribution in [0.3, 0.4) is 0 Å². The maximum absolute atomic E-state index is 13.9. The molecule has 1 heterocycles. The standard InChI is InChI=1S/C9H8ClFIN2P.C2H6/c1-4-6(10)3-7-8(9(4)11)5(2)13-14(7)15-12;1-2/h3,15H,1-2H3;1-2H3. The summed E-state index contributed by atoms with van der Waals surface area (Å²) in [5, 5.41) is 5.31. The molecule has 1 aromatic heterocycles. The summed E-state index contributed by atoms with van der Waals surface area (Å²) in [6.07, 6.45) is 0.444. The predicted octanol–water partition coefficient (Wildman–Crippen LogP) is 5.26. The highest BCUT2D eigenvalue weighted by molar-refractivity contribution is 14.2. The fraction of sp³-hybridized carbons (Fsp3) is 0.364. The predicted molar refractivity (Wildman–Crippen MR) is 83.3 cm³/mol. The van der Waals surface area contributed by atoms with E-state index in [1.165, 1.54) is 0 Å². The van der Waals surface area contributed by atoms with Gasteiger partial charge in [-0.25, -0.2) is 8.84 Å². The molecule has 6 heteroatoms. The molecule has 0 aliphatic rings. The van der Waals surface area contributed by atoms with Gasteiger partial charge in [0.2, 0.25) is 0 Å². The number of benzene rings is 1. The number of rotatable bonds is 1. The van der Waals surface area contributed by atoms with Crippen LogP contribution in [0.25, 0.3) is 10.9 Å². The van der Waals surface area contributed by atoms with Crippen LogP contribution in [0.15, 0.2) is 6.07 Å². The molecule has 17 heavy (non-hydrogen) atoms. The molecule has 0 saturated heterocycles. The van der Waals surface area contributed by atoms with Crippen molar-refractivity contribution in [2.45, 2.75) is 27.7 Å². The number of nitrogens with zero attached hydrogens (tertiary/aromatic N) is 2. The lowest BCUT2D eigenvalue weighted by Crippen LogP contribution is -1.87. The number of hydrogen-bond donors (Lipinski definition) is 0. The summed E-state index contributed by atoms with van der Waals surface area (Å²) >= 11 is 8.16. The van der Waals surface area contributed by atoms with Gasteiger partial charge in [0.05, 0.1) is 23.0 Å². The lowest BCUT2D eigenvalue weighted by Gasteiger charge is -2.03. The van der Waals surface area contributed by atoms with Crippen LogP contribution in [-0.2, 0) is 0 Å². The number of hydrogen-bond acceptors (Lipinski definition) is 1. The molecule has 1 atom stereocenters. The number of aromatic nitrogens is 2. The van der Waals surface area contributed by atoms with Gasteiger partial charge in [0, 0.05) is 10.6 Å². The van der Waals surface area contributed by atoms with Crippen molar-refractivity contribution in [3.05, 3.63) is 28.2 Å². The molecule has 0 bridgehead atoms. The largest absolute Gasteiger partial charge is 0.237 e. The van der Waals surface area contributed by atoms with Gasteiger partial charge in [0.1, 0.15) is 5.82 Å². The van der Waals surface area contributed by atoms with Gasteiger partial charge in [-0.15, -0.1) is 0 Å². The van der Waals surface area contributed by atoms with Crippen LogP contribution in [0.5, 0.6) is 0 Å². The summed E-state index contributed by atoms with van der Waals surface area (Å²) in [5.74, 6) is -0.254. The number of aryl methyl sites for hydroxylation is 1. The van der Waals surface area contributed by atoms with E-state index in [1.54, 1.807) is 17.4 Å². The van der Waals surface area contributed by atoms with Gasteiger partial charge in [-0.05, 0) is 42.0 Å². The third kappa shape index (κ3) is 2.74. The zero-order valence-electron chi connectivity index (χ0n) is 10.1. The van der Waals surface area contributed by atoms with Gasteiger partial charge >= 0.3 is 0 Å². The zero-order valence-corrected chi connectivity index (χ0v) is 14.0. The summed E-state index contributed by atoms with van der Waals surface area (Å²) in [7, 11) is 0. The average molecular weight is 387 g/mol. The molecule has 0 spiro atoms. The van der Waals surface area contributed by atoms with E-state index in [0.717, 1.165) is 5.52 Å². The third-order valence-electron chi connectivity index (χ3n) is 2.35. The van der Waals surface area contributed by atoms with E-state index in [4.69, 9.17) is 11.6 Å². The summed E-state index contributed by atoms with van der Waals surface area (Å²) in [5.41, 5.74) is 1.98. The first-order chi connectivity index (χ1) is 8.06. The second-order valence-corrected chi connectivity index (χ2v) is 5.72. The maximum atomic E-state index is 13.9. The first-order valence-electron chi connectivity index (χ1n) is 5.27. The van der Waals surface area contributed by atoms with Crippen molar-refractivity contribution in [3.8, 4) is 0 Å². The molecule has 2 rings (SSSR count). The molecule has 0 saturated carbocycles. The Morgan fingerprint density at radius 2 is 2.00 bits per heavy atom. The average Bonchev–Trinajstić information content (AvgIpc) is 2.65. The monoisotopic (exact) mass is 386 g/mol. The van der Waals surface area contributed by atoms with E-state index in [1.807, 2.05) is 20.8 Å². The minimum Gasteiger partial charge on any atom is -0.237 e. The Labute approximate surface area is 120 Å². The smallest absolute Gasteiger partial charge is 0.138 e. The molecular weight excluding hydrogens is 372 g/mol. The van der Waals surface area contributed by atoms with Gasteiger partial charge in [-0.1, -0.05) is 25.4 Å². The molecule has 2 aromatic rings. The molecule has 1 aromatic carbocycles. The molecule has 0 N–H and O–H groups in total. The first kappa shape index (κ1) is 15.1. The van der Waals surface area contributed by atoms with Crippen molar-refractivity contribution < 1.29 is 4.39 Å². The summed E-state index contributed by atoms with van der Waals surface area (Å²) < 4.78 is 15.7. The molecule has 0 aliphatic carbocycles. The fourth-order valence-electron chi connectivity index (χ4n) is 1.53. The Kier molecular flexibility index (Phi) is 5.61. The minimum absolute atomic E-state index is 0.254. The van der Waals surface area contributed by atoms with Crippen LogP contribution in [0, 0.1) is 19.7 Å². The van der Waals surface area contributed by atoms with Crippen molar-refractivity contribution in [1.82, 2.24) is 9.55 Å². The van der Waals surface area contributed by atoms with Crippen molar-refractivity contribution in [1.29, 1.82) is 0 Å².